The predicted molar refractivity (Wildman–Crippen MR) is 100 cm³/mol. The number of aliphatic hydroxyl groups excluding tert-OH is 1. The van der Waals surface area contributed by atoms with Gasteiger partial charge in [-0.25, -0.2) is 0 Å². The van der Waals surface area contributed by atoms with Crippen molar-refractivity contribution in [3.63, 3.8) is 0 Å². The maximum atomic E-state index is 9.48. The smallest absolute Gasteiger partial charge is 0.130 e. The zero-order valence-electron chi connectivity index (χ0n) is 15.3. The molecule has 1 aromatic carbocycles. The van der Waals surface area contributed by atoms with E-state index in [1.54, 1.807) is 7.11 Å². The number of aliphatic hydroxyl groups is 1. The maximum absolute atomic E-state index is 9.48. The fourth-order valence-electron chi connectivity index (χ4n) is 3.60. The number of β-amino-alcohol motifs (C(OH)–C–C–N with tert-alkyl or cyclic N) is 1. The summed E-state index contributed by atoms with van der Waals surface area (Å²) in [6, 6.07) is 5.96. The van der Waals surface area contributed by atoms with Crippen LogP contribution in [0.3, 0.4) is 0 Å². The van der Waals surface area contributed by atoms with E-state index in [1.807, 2.05) is 25.1 Å². The summed E-state index contributed by atoms with van der Waals surface area (Å²) in [6.45, 7) is 7.42. The molecule has 25 heavy (non-hydrogen) atoms. The van der Waals surface area contributed by atoms with Crippen molar-refractivity contribution in [3.05, 3.63) is 29.3 Å². The molecule has 2 N–H and O–H groups in total. The van der Waals surface area contributed by atoms with Crippen LogP contribution in [0.5, 0.6) is 11.5 Å². The Morgan fingerprint density at radius 2 is 2.16 bits per heavy atom. The van der Waals surface area contributed by atoms with Gasteiger partial charge in [0.05, 0.1) is 13.2 Å². The molecule has 0 saturated carbocycles. The van der Waals surface area contributed by atoms with Gasteiger partial charge in [-0.3, -0.25) is 0 Å². The fraction of sp³-hybridized carbons (Fsp3) is 0.600. The Balaban J connectivity index is 1.42. The van der Waals surface area contributed by atoms with Gasteiger partial charge in [0, 0.05) is 24.7 Å². The number of methoxy groups -OCH3 is 1. The first kappa shape index (κ1) is 18.2. The van der Waals surface area contributed by atoms with Crippen LogP contribution in [0.1, 0.15) is 25.3 Å². The second kappa shape index (κ2) is 8.70. The number of likely N-dealkylation sites (tertiary alicyclic amines) is 1. The first-order valence-corrected chi connectivity index (χ1v) is 9.25. The lowest BCUT2D eigenvalue weighted by Gasteiger charge is -2.32. The summed E-state index contributed by atoms with van der Waals surface area (Å²) in [5.74, 6) is 2.45. The van der Waals surface area contributed by atoms with Gasteiger partial charge in [-0.15, -0.1) is 0 Å². The van der Waals surface area contributed by atoms with Crippen LogP contribution in [0.25, 0.3) is 6.08 Å². The van der Waals surface area contributed by atoms with Crippen molar-refractivity contribution in [1.82, 2.24) is 10.2 Å². The summed E-state index contributed by atoms with van der Waals surface area (Å²) in [5, 5.41) is 13.1. The molecule has 0 radical (unpaired) electrons. The molecule has 2 aliphatic rings. The molecular formula is C20H30N2O3. The quantitative estimate of drug-likeness (QED) is 0.792. The average Bonchev–Trinajstić information content (AvgIpc) is 2.62. The summed E-state index contributed by atoms with van der Waals surface area (Å²) < 4.78 is 11.1. The van der Waals surface area contributed by atoms with Gasteiger partial charge in [0.15, 0.2) is 0 Å². The highest BCUT2D eigenvalue weighted by Crippen LogP contribution is 2.30. The first-order chi connectivity index (χ1) is 12.1. The van der Waals surface area contributed by atoms with Crippen molar-refractivity contribution < 1.29 is 14.6 Å². The molecule has 0 bridgehead atoms. The van der Waals surface area contributed by atoms with E-state index in [0.29, 0.717) is 6.61 Å². The van der Waals surface area contributed by atoms with E-state index in [0.717, 1.165) is 55.7 Å². The Kier molecular flexibility index (Phi) is 6.34. The summed E-state index contributed by atoms with van der Waals surface area (Å²) in [7, 11) is 1.67. The van der Waals surface area contributed by atoms with E-state index >= 15 is 0 Å². The highest BCUT2D eigenvalue weighted by atomic mass is 16.5. The molecular weight excluding hydrogens is 316 g/mol. The number of piperidine rings is 1. The summed E-state index contributed by atoms with van der Waals surface area (Å²) in [6.07, 6.45) is 4.41. The Morgan fingerprint density at radius 1 is 1.36 bits per heavy atom. The molecule has 138 valence electrons. The lowest BCUT2D eigenvalue weighted by molar-refractivity contribution is 0.1000. The first-order valence-electron chi connectivity index (χ1n) is 9.25. The van der Waals surface area contributed by atoms with E-state index in [9.17, 15) is 5.11 Å². The Morgan fingerprint density at radius 3 is 2.88 bits per heavy atom. The standard InChI is InChI=1S/C20H30N2O3/c1-15(23)13-22-7-5-16(6-8-22)11-21-12-17-9-18-3-4-19(24-2)10-20(18)25-14-17/h3-4,9-10,15-16,21,23H,5-8,11-14H2,1-2H3/t15-/m1/s1. The fourth-order valence-corrected chi connectivity index (χ4v) is 3.60. The minimum absolute atomic E-state index is 0.226. The summed E-state index contributed by atoms with van der Waals surface area (Å²) in [4.78, 5) is 2.36. The molecule has 0 amide bonds. The molecule has 1 saturated heterocycles. The molecule has 0 aliphatic carbocycles. The van der Waals surface area contributed by atoms with Gasteiger partial charge < -0.3 is 24.8 Å². The topological polar surface area (TPSA) is 54.0 Å². The van der Waals surface area contributed by atoms with Crippen LogP contribution in [-0.4, -0.2) is 62.6 Å². The van der Waals surface area contributed by atoms with Crippen LogP contribution < -0.4 is 14.8 Å². The number of benzene rings is 1. The van der Waals surface area contributed by atoms with Gasteiger partial charge in [-0.2, -0.15) is 0 Å². The molecule has 3 rings (SSSR count). The second-order valence-corrected chi connectivity index (χ2v) is 7.22. The minimum atomic E-state index is -0.226. The number of nitrogens with one attached hydrogen (secondary N) is 1. The molecule has 0 unspecified atom stereocenters. The highest BCUT2D eigenvalue weighted by molar-refractivity contribution is 5.63. The van der Waals surface area contributed by atoms with Crippen LogP contribution >= 0.6 is 0 Å². The molecule has 1 atom stereocenters. The SMILES string of the molecule is COc1ccc2c(c1)OCC(CNCC1CCN(C[C@@H](C)O)CC1)=C2. The molecule has 5 heteroatoms. The maximum Gasteiger partial charge on any atom is 0.130 e. The monoisotopic (exact) mass is 346 g/mol. The van der Waals surface area contributed by atoms with Crippen LogP contribution in [0.2, 0.25) is 0 Å². The molecule has 0 aromatic heterocycles. The van der Waals surface area contributed by atoms with Gasteiger partial charge in [0.2, 0.25) is 0 Å². The van der Waals surface area contributed by atoms with E-state index < -0.39 is 0 Å². The van der Waals surface area contributed by atoms with Crippen molar-refractivity contribution in [2.24, 2.45) is 5.92 Å². The number of hydrogen-bond acceptors (Lipinski definition) is 5. The molecule has 1 fully saturated rings. The lowest BCUT2D eigenvalue weighted by atomic mass is 9.96. The van der Waals surface area contributed by atoms with Crippen molar-refractivity contribution in [1.29, 1.82) is 0 Å². The molecule has 2 heterocycles. The Bertz CT molecular complexity index is 593. The normalized spacial score (nSPS) is 19.7. The summed E-state index contributed by atoms with van der Waals surface area (Å²) in [5.41, 5.74) is 2.40. The molecule has 0 spiro atoms. The van der Waals surface area contributed by atoms with Crippen molar-refractivity contribution in [2.75, 3.05) is 46.4 Å². The Labute approximate surface area is 150 Å². The van der Waals surface area contributed by atoms with Crippen LogP contribution in [0.4, 0.5) is 0 Å². The van der Waals surface area contributed by atoms with Gasteiger partial charge in [-0.05, 0) is 69.1 Å². The highest BCUT2D eigenvalue weighted by Gasteiger charge is 2.20. The van der Waals surface area contributed by atoms with Gasteiger partial charge in [-0.1, -0.05) is 0 Å². The third-order valence-corrected chi connectivity index (χ3v) is 5.01. The Hall–Kier alpha value is -1.56. The van der Waals surface area contributed by atoms with E-state index in [-0.39, 0.29) is 6.10 Å². The van der Waals surface area contributed by atoms with Gasteiger partial charge in [0.1, 0.15) is 18.1 Å². The molecule has 5 nitrogen and oxygen atoms in total. The van der Waals surface area contributed by atoms with Crippen LogP contribution in [0, 0.1) is 5.92 Å². The second-order valence-electron chi connectivity index (χ2n) is 7.22. The zero-order valence-corrected chi connectivity index (χ0v) is 15.3. The lowest BCUT2D eigenvalue weighted by Crippen LogP contribution is -2.40. The van der Waals surface area contributed by atoms with Crippen molar-refractivity contribution in [2.45, 2.75) is 25.9 Å². The minimum Gasteiger partial charge on any atom is -0.497 e. The van der Waals surface area contributed by atoms with Gasteiger partial charge >= 0.3 is 0 Å². The number of ether oxygens (including phenoxy) is 2. The average molecular weight is 346 g/mol. The third kappa shape index (κ3) is 5.21. The van der Waals surface area contributed by atoms with Crippen molar-refractivity contribution in [3.8, 4) is 11.5 Å². The van der Waals surface area contributed by atoms with Gasteiger partial charge in [0.25, 0.3) is 0 Å². The van der Waals surface area contributed by atoms with Crippen molar-refractivity contribution >= 4 is 6.08 Å². The number of rotatable bonds is 7. The molecule has 2 aliphatic heterocycles. The third-order valence-electron chi connectivity index (χ3n) is 5.01. The zero-order chi connectivity index (χ0) is 17.6. The number of fused-ring (bicyclic) bond motifs is 1. The number of nitrogens with zero attached hydrogens (tertiary/aromatic N) is 1. The molecule has 1 aromatic rings. The van der Waals surface area contributed by atoms with E-state index in [1.165, 1.54) is 18.4 Å². The number of hydrogen-bond donors (Lipinski definition) is 2. The largest absolute Gasteiger partial charge is 0.497 e. The van der Waals surface area contributed by atoms with Crippen LogP contribution in [-0.2, 0) is 0 Å². The predicted octanol–water partition coefficient (Wildman–Crippen LogP) is 2.15. The van der Waals surface area contributed by atoms with E-state index in [4.69, 9.17) is 9.47 Å². The van der Waals surface area contributed by atoms with E-state index in [2.05, 4.69) is 16.3 Å². The van der Waals surface area contributed by atoms with Crippen LogP contribution in [0.15, 0.2) is 23.8 Å². The summed E-state index contributed by atoms with van der Waals surface area (Å²) >= 11 is 0.